The Balaban J connectivity index is 1.69. The van der Waals surface area contributed by atoms with Crippen LogP contribution in [-0.2, 0) is 6.54 Å². The van der Waals surface area contributed by atoms with Crippen LogP contribution in [0.5, 0.6) is 0 Å². The highest BCUT2D eigenvalue weighted by Crippen LogP contribution is 2.21. The molecule has 1 N–H and O–H groups in total. The molecule has 0 saturated carbocycles. The van der Waals surface area contributed by atoms with E-state index in [2.05, 4.69) is 15.6 Å². The van der Waals surface area contributed by atoms with E-state index in [1.807, 2.05) is 48.8 Å². The van der Waals surface area contributed by atoms with Gasteiger partial charge in [0.2, 0.25) is 0 Å². The van der Waals surface area contributed by atoms with E-state index in [0.29, 0.717) is 28.1 Å². The topological polar surface area (TPSA) is 64.7 Å². The molecule has 0 fully saturated rings. The van der Waals surface area contributed by atoms with Crippen molar-refractivity contribution in [3.8, 4) is 5.82 Å². The van der Waals surface area contributed by atoms with Gasteiger partial charge in [-0.15, -0.1) is 5.10 Å². The van der Waals surface area contributed by atoms with Crippen molar-refractivity contribution >= 4 is 34.8 Å². The first-order valence-corrected chi connectivity index (χ1v) is 9.24. The highest BCUT2D eigenvalue weighted by atomic mass is 35.5. The van der Waals surface area contributed by atoms with Crippen LogP contribution in [0.3, 0.4) is 0 Å². The molecule has 8 heteroatoms. The number of halogens is 2. The Morgan fingerprint density at radius 3 is 2.39 bits per heavy atom. The molecule has 0 spiro atoms. The lowest BCUT2D eigenvalue weighted by molar-refractivity contribution is 0.102. The normalized spacial score (nSPS) is 10.8. The summed E-state index contributed by atoms with van der Waals surface area (Å²) in [5.74, 6) is 0.188. The molecule has 140 valence electrons. The third kappa shape index (κ3) is 3.78. The number of rotatable bonds is 5. The first-order chi connectivity index (χ1) is 13.6. The molecule has 0 saturated heterocycles. The monoisotopic (exact) mass is 411 g/mol. The van der Waals surface area contributed by atoms with Crippen molar-refractivity contribution in [2.45, 2.75) is 6.54 Å². The number of nitrogens with zero attached hydrogens (tertiary/aromatic N) is 4. The van der Waals surface area contributed by atoms with E-state index >= 15 is 0 Å². The third-order valence-corrected chi connectivity index (χ3v) is 4.77. The number of benzene rings is 2. The Kier molecular flexibility index (Phi) is 5.14. The van der Waals surface area contributed by atoms with Crippen molar-refractivity contribution in [1.82, 2.24) is 19.6 Å². The fourth-order valence-electron chi connectivity index (χ4n) is 2.80. The average molecular weight is 412 g/mol. The lowest BCUT2D eigenvalue weighted by Crippen LogP contribution is -2.16. The van der Waals surface area contributed by atoms with Gasteiger partial charge in [0.1, 0.15) is 0 Å². The van der Waals surface area contributed by atoms with E-state index in [1.54, 1.807) is 33.5 Å². The third-order valence-electron chi connectivity index (χ3n) is 4.15. The van der Waals surface area contributed by atoms with Crippen LogP contribution in [0, 0.1) is 0 Å². The molecule has 0 aliphatic rings. The molecule has 28 heavy (non-hydrogen) atoms. The fourth-order valence-corrected chi connectivity index (χ4v) is 3.13. The molecule has 2 aromatic carbocycles. The zero-order valence-corrected chi connectivity index (χ0v) is 16.1. The molecular weight excluding hydrogens is 397 g/mol. The van der Waals surface area contributed by atoms with Gasteiger partial charge in [0.15, 0.2) is 11.5 Å². The number of carbonyl (C=O) groups is 1. The van der Waals surface area contributed by atoms with Crippen molar-refractivity contribution < 1.29 is 4.79 Å². The highest BCUT2D eigenvalue weighted by Gasteiger charge is 2.21. The number of amides is 1. The molecule has 4 rings (SSSR count). The Hall–Kier alpha value is -3.09. The summed E-state index contributed by atoms with van der Waals surface area (Å²) in [6.07, 6.45) is 3.67. The van der Waals surface area contributed by atoms with E-state index in [1.165, 1.54) is 0 Å². The van der Waals surface area contributed by atoms with E-state index in [4.69, 9.17) is 23.2 Å². The number of hydrogen-bond acceptors (Lipinski definition) is 3. The van der Waals surface area contributed by atoms with Gasteiger partial charge in [-0.25, -0.2) is 4.68 Å². The van der Waals surface area contributed by atoms with E-state index < -0.39 is 0 Å². The average Bonchev–Trinajstić information content (AvgIpc) is 3.35. The maximum Gasteiger partial charge on any atom is 0.280 e. The lowest BCUT2D eigenvalue weighted by Gasteiger charge is -2.10. The minimum Gasteiger partial charge on any atom is -0.320 e. The van der Waals surface area contributed by atoms with Gasteiger partial charge in [0.25, 0.3) is 5.91 Å². The number of nitrogens with one attached hydrogen (secondary N) is 1. The van der Waals surface area contributed by atoms with Crippen molar-refractivity contribution in [2.24, 2.45) is 0 Å². The first-order valence-electron chi connectivity index (χ1n) is 8.49. The van der Waals surface area contributed by atoms with Crippen LogP contribution in [0.2, 0.25) is 10.0 Å². The molecule has 0 radical (unpaired) electrons. The molecule has 6 nitrogen and oxygen atoms in total. The Bertz CT molecular complexity index is 1100. The smallest absolute Gasteiger partial charge is 0.280 e. The van der Waals surface area contributed by atoms with Gasteiger partial charge in [0, 0.05) is 28.1 Å². The predicted octanol–water partition coefficient (Wildman–Crippen LogP) is 4.68. The SMILES string of the molecule is O=C(Nc1ccc(Cl)cc1)c1nnn(Cc2ccccc2Cl)c1-n1cccc1. The van der Waals surface area contributed by atoms with Crippen LogP contribution in [0.1, 0.15) is 16.1 Å². The lowest BCUT2D eigenvalue weighted by atomic mass is 10.2. The van der Waals surface area contributed by atoms with Gasteiger partial charge in [-0.05, 0) is 48.0 Å². The summed E-state index contributed by atoms with van der Waals surface area (Å²) >= 11 is 12.2. The zero-order chi connectivity index (χ0) is 19.5. The minimum absolute atomic E-state index is 0.207. The quantitative estimate of drug-likeness (QED) is 0.518. The molecule has 2 aromatic heterocycles. The Morgan fingerprint density at radius 2 is 1.68 bits per heavy atom. The van der Waals surface area contributed by atoms with Gasteiger partial charge < -0.3 is 9.88 Å². The van der Waals surface area contributed by atoms with Crippen molar-refractivity contribution in [2.75, 3.05) is 5.32 Å². The van der Waals surface area contributed by atoms with Gasteiger partial charge >= 0.3 is 0 Å². The summed E-state index contributed by atoms with van der Waals surface area (Å²) < 4.78 is 3.45. The first kappa shape index (κ1) is 18.3. The second-order valence-corrected chi connectivity index (χ2v) is 6.91. The molecule has 0 aliphatic heterocycles. The summed E-state index contributed by atoms with van der Waals surface area (Å²) in [5, 5.41) is 12.4. The highest BCUT2D eigenvalue weighted by molar-refractivity contribution is 6.31. The minimum atomic E-state index is -0.364. The molecule has 0 bridgehead atoms. The van der Waals surface area contributed by atoms with E-state index in [9.17, 15) is 4.79 Å². The summed E-state index contributed by atoms with van der Waals surface area (Å²) in [6.45, 7) is 0.383. The molecular formula is C20H15Cl2N5O. The van der Waals surface area contributed by atoms with Crippen LogP contribution in [0.25, 0.3) is 5.82 Å². The molecule has 0 aliphatic carbocycles. The number of aromatic nitrogens is 4. The summed E-state index contributed by atoms with van der Waals surface area (Å²) in [7, 11) is 0. The summed E-state index contributed by atoms with van der Waals surface area (Å²) in [4.78, 5) is 12.8. The second-order valence-electron chi connectivity index (χ2n) is 6.06. The van der Waals surface area contributed by atoms with Crippen LogP contribution in [0.15, 0.2) is 73.1 Å². The second kappa shape index (κ2) is 7.88. The number of hydrogen-bond donors (Lipinski definition) is 1. The van der Waals surface area contributed by atoms with Gasteiger partial charge in [0.05, 0.1) is 6.54 Å². The van der Waals surface area contributed by atoms with Gasteiger partial charge in [-0.1, -0.05) is 46.6 Å². The van der Waals surface area contributed by atoms with Crippen LogP contribution in [-0.4, -0.2) is 25.5 Å². The molecule has 2 heterocycles. The Labute approximate surface area is 171 Å². The van der Waals surface area contributed by atoms with Gasteiger partial charge in [-0.2, -0.15) is 0 Å². The van der Waals surface area contributed by atoms with E-state index in [-0.39, 0.29) is 11.6 Å². The van der Waals surface area contributed by atoms with Crippen LogP contribution in [0.4, 0.5) is 5.69 Å². The van der Waals surface area contributed by atoms with Crippen molar-refractivity contribution in [3.05, 3.63) is 94.4 Å². The molecule has 0 atom stereocenters. The molecule has 1 amide bonds. The fraction of sp³-hybridized carbons (Fsp3) is 0.0500. The number of carbonyl (C=O) groups excluding carboxylic acids is 1. The predicted molar refractivity (Wildman–Crippen MR) is 109 cm³/mol. The van der Waals surface area contributed by atoms with Crippen LogP contribution >= 0.6 is 23.2 Å². The summed E-state index contributed by atoms with van der Waals surface area (Å²) in [5.41, 5.74) is 1.71. The maximum absolute atomic E-state index is 12.8. The summed E-state index contributed by atoms with van der Waals surface area (Å²) in [6, 6.07) is 18.1. The van der Waals surface area contributed by atoms with Crippen molar-refractivity contribution in [3.63, 3.8) is 0 Å². The Morgan fingerprint density at radius 1 is 0.964 bits per heavy atom. The van der Waals surface area contributed by atoms with Crippen molar-refractivity contribution in [1.29, 1.82) is 0 Å². The largest absolute Gasteiger partial charge is 0.320 e. The standard InChI is InChI=1S/C20H15Cl2N5O/c21-15-7-9-16(10-8-15)23-19(28)18-20(26-11-3-4-12-26)27(25-24-18)13-14-5-1-2-6-17(14)22/h1-12H,13H2,(H,23,28). The molecule has 4 aromatic rings. The van der Waals surface area contributed by atoms with Gasteiger partial charge in [-0.3, -0.25) is 4.79 Å². The maximum atomic E-state index is 12.8. The van der Waals surface area contributed by atoms with Crippen LogP contribution < -0.4 is 5.32 Å². The van der Waals surface area contributed by atoms with E-state index in [0.717, 1.165) is 5.56 Å². The molecule has 0 unspecified atom stereocenters. The number of anilines is 1. The zero-order valence-electron chi connectivity index (χ0n) is 14.6.